The topological polar surface area (TPSA) is 87.9 Å². The second kappa shape index (κ2) is 4.88. The number of hydrogen-bond acceptors (Lipinski definition) is 4. The van der Waals surface area contributed by atoms with E-state index in [-0.39, 0.29) is 5.91 Å². The highest BCUT2D eigenvalue weighted by Crippen LogP contribution is 2.47. The van der Waals surface area contributed by atoms with Gasteiger partial charge in [-0.2, -0.15) is 5.10 Å². The maximum atomic E-state index is 12.5. The van der Waals surface area contributed by atoms with Crippen LogP contribution in [-0.4, -0.2) is 38.0 Å². The summed E-state index contributed by atoms with van der Waals surface area (Å²) in [6.07, 6.45) is 1.47. The van der Waals surface area contributed by atoms with Gasteiger partial charge >= 0.3 is 0 Å². The van der Waals surface area contributed by atoms with E-state index < -0.39 is 5.41 Å². The standard InChI is InChI=1S/C12H19N5OS/c1-7-4-12(5-7,10(13)19)11(18)17(3)6-9-14-8(2)15-16-9/h7H,4-6H2,1-3H3,(H2,13,19)(H,14,15,16). The number of hydrogen-bond donors (Lipinski definition) is 2. The van der Waals surface area contributed by atoms with E-state index in [0.717, 1.165) is 18.7 Å². The van der Waals surface area contributed by atoms with Gasteiger partial charge in [-0.25, -0.2) is 4.98 Å². The molecule has 0 saturated heterocycles. The minimum atomic E-state index is -0.658. The number of H-pyrrole nitrogens is 1. The molecule has 0 atom stereocenters. The number of aromatic nitrogens is 3. The van der Waals surface area contributed by atoms with Crippen molar-refractivity contribution in [1.29, 1.82) is 0 Å². The van der Waals surface area contributed by atoms with E-state index in [1.807, 2.05) is 6.92 Å². The van der Waals surface area contributed by atoms with Crippen LogP contribution < -0.4 is 5.73 Å². The molecule has 1 saturated carbocycles. The van der Waals surface area contributed by atoms with Crippen LogP contribution >= 0.6 is 12.2 Å². The molecule has 1 amide bonds. The van der Waals surface area contributed by atoms with Crippen LogP contribution in [0.4, 0.5) is 0 Å². The molecule has 6 nitrogen and oxygen atoms in total. The molecule has 1 aromatic heterocycles. The second-order valence-corrected chi connectivity index (χ2v) is 5.90. The predicted octanol–water partition coefficient (Wildman–Crippen LogP) is 0.774. The number of aromatic amines is 1. The molecule has 1 heterocycles. The van der Waals surface area contributed by atoms with Gasteiger partial charge in [0.05, 0.1) is 16.9 Å². The number of carbonyl (C=O) groups excluding carboxylic acids is 1. The first-order valence-corrected chi connectivity index (χ1v) is 6.69. The van der Waals surface area contributed by atoms with Crippen molar-refractivity contribution in [1.82, 2.24) is 20.1 Å². The molecule has 1 aromatic rings. The van der Waals surface area contributed by atoms with Crippen LogP contribution in [0.15, 0.2) is 0 Å². The quantitative estimate of drug-likeness (QED) is 0.796. The summed E-state index contributed by atoms with van der Waals surface area (Å²) in [7, 11) is 1.73. The minimum Gasteiger partial charge on any atom is -0.392 e. The number of carbonyl (C=O) groups is 1. The van der Waals surface area contributed by atoms with Gasteiger partial charge in [0.2, 0.25) is 5.91 Å². The molecule has 1 aliphatic carbocycles. The van der Waals surface area contributed by atoms with Crippen molar-refractivity contribution in [2.45, 2.75) is 33.2 Å². The first kappa shape index (κ1) is 13.9. The summed E-state index contributed by atoms with van der Waals surface area (Å²) in [4.78, 5) is 18.6. The van der Waals surface area contributed by atoms with E-state index in [4.69, 9.17) is 18.0 Å². The van der Waals surface area contributed by atoms with Crippen molar-refractivity contribution < 1.29 is 4.79 Å². The Morgan fingerprint density at radius 1 is 1.63 bits per heavy atom. The number of amides is 1. The first-order chi connectivity index (χ1) is 8.85. The van der Waals surface area contributed by atoms with Gasteiger partial charge in [-0.3, -0.25) is 9.89 Å². The summed E-state index contributed by atoms with van der Waals surface area (Å²) in [5.74, 6) is 1.79. The Labute approximate surface area is 117 Å². The van der Waals surface area contributed by atoms with Crippen molar-refractivity contribution in [2.75, 3.05) is 7.05 Å². The third-order valence-corrected chi connectivity index (χ3v) is 4.03. The van der Waals surface area contributed by atoms with Crippen molar-refractivity contribution in [3.8, 4) is 0 Å². The highest BCUT2D eigenvalue weighted by Gasteiger charge is 2.52. The van der Waals surface area contributed by atoms with Gasteiger partial charge in [0.25, 0.3) is 0 Å². The lowest BCUT2D eigenvalue weighted by Crippen LogP contribution is -2.56. The molecule has 0 bridgehead atoms. The lowest BCUT2D eigenvalue weighted by atomic mass is 9.61. The third-order valence-electron chi connectivity index (χ3n) is 3.64. The summed E-state index contributed by atoms with van der Waals surface area (Å²) in [5.41, 5.74) is 5.12. The zero-order valence-electron chi connectivity index (χ0n) is 11.4. The third kappa shape index (κ3) is 2.47. The zero-order chi connectivity index (χ0) is 14.2. The maximum Gasteiger partial charge on any atom is 0.235 e. The van der Waals surface area contributed by atoms with Crippen molar-refractivity contribution in [3.05, 3.63) is 11.6 Å². The van der Waals surface area contributed by atoms with Crippen LogP contribution in [0.1, 0.15) is 31.4 Å². The Morgan fingerprint density at radius 2 is 2.26 bits per heavy atom. The Kier molecular flexibility index (Phi) is 3.58. The molecule has 19 heavy (non-hydrogen) atoms. The smallest absolute Gasteiger partial charge is 0.235 e. The molecule has 3 N–H and O–H groups in total. The van der Waals surface area contributed by atoms with E-state index in [0.29, 0.717) is 23.3 Å². The first-order valence-electron chi connectivity index (χ1n) is 6.28. The van der Waals surface area contributed by atoms with Crippen LogP contribution in [0.3, 0.4) is 0 Å². The zero-order valence-corrected chi connectivity index (χ0v) is 12.3. The average molecular weight is 281 g/mol. The molecule has 2 rings (SSSR count). The summed E-state index contributed by atoms with van der Waals surface area (Å²) in [6.45, 7) is 4.28. The van der Waals surface area contributed by atoms with Gasteiger partial charge in [-0.05, 0) is 25.7 Å². The number of nitrogens with one attached hydrogen (secondary N) is 1. The van der Waals surface area contributed by atoms with Gasteiger partial charge in [0.15, 0.2) is 5.82 Å². The molecule has 1 aliphatic rings. The largest absolute Gasteiger partial charge is 0.392 e. The van der Waals surface area contributed by atoms with Crippen LogP contribution in [0, 0.1) is 18.3 Å². The van der Waals surface area contributed by atoms with Crippen LogP contribution in [0.5, 0.6) is 0 Å². The van der Waals surface area contributed by atoms with Gasteiger partial charge in [-0.15, -0.1) is 0 Å². The molecule has 1 fully saturated rings. The van der Waals surface area contributed by atoms with Gasteiger partial charge in [0, 0.05) is 7.05 Å². The van der Waals surface area contributed by atoms with E-state index in [9.17, 15) is 4.79 Å². The number of aryl methyl sites for hydroxylation is 1. The molecule has 0 aromatic carbocycles. The Morgan fingerprint density at radius 3 is 2.68 bits per heavy atom. The Bertz CT molecular complexity index is 506. The molecule has 0 aliphatic heterocycles. The lowest BCUT2D eigenvalue weighted by molar-refractivity contribution is -0.143. The molecule has 7 heteroatoms. The molecule has 0 spiro atoms. The van der Waals surface area contributed by atoms with Gasteiger partial charge in [-0.1, -0.05) is 19.1 Å². The highest BCUT2D eigenvalue weighted by molar-refractivity contribution is 7.80. The molecule has 0 unspecified atom stereocenters. The lowest BCUT2D eigenvalue weighted by Gasteiger charge is -2.45. The van der Waals surface area contributed by atoms with Crippen LogP contribution in [0.2, 0.25) is 0 Å². The summed E-state index contributed by atoms with van der Waals surface area (Å²) in [6, 6.07) is 0. The van der Waals surface area contributed by atoms with Crippen LogP contribution in [-0.2, 0) is 11.3 Å². The van der Waals surface area contributed by atoms with Crippen molar-refractivity contribution >= 4 is 23.1 Å². The van der Waals surface area contributed by atoms with E-state index in [2.05, 4.69) is 22.1 Å². The van der Waals surface area contributed by atoms with Gasteiger partial charge < -0.3 is 10.6 Å². The fourth-order valence-corrected chi connectivity index (χ4v) is 2.97. The number of thiocarbonyl (C=S) groups is 1. The average Bonchev–Trinajstić information content (AvgIpc) is 2.68. The van der Waals surface area contributed by atoms with Crippen LogP contribution in [0.25, 0.3) is 0 Å². The second-order valence-electron chi connectivity index (χ2n) is 5.46. The normalized spacial score (nSPS) is 25.7. The Hall–Kier alpha value is -1.50. The summed E-state index contributed by atoms with van der Waals surface area (Å²) in [5, 5.41) is 6.79. The fraction of sp³-hybridized carbons (Fsp3) is 0.667. The highest BCUT2D eigenvalue weighted by atomic mass is 32.1. The molecular weight excluding hydrogens is 262 g/mol. The van der Waals surface area contributed by atoms with Crippen molar-refractivity contribution in [3.63, 3.8) is 0 Å². The summed E-state index contributed by atoms with van der Waals surface area (Å²) >= 11 is 5.09. The van der Waals surface area contributed by atoms with Crippen molar-refractivity contribution in [2.24, 2.45) is 17.1 Å². The van der Waals surface area contributed by atoms with E-state index in [1.54, 1.807) is 11.9 Å². The minimum absolute atomic E-state index is 0.0273. The molecule has 0 radical (unpaired) electrons. The fourth-order valence-electron chi connectivity index (χ4n) is 2.72. The monoisotopic (exact) mass is 281 g/mol. The SMILES string of the molecule is Cc1nc(CN(C)C(=O)C2(C(N)=S)CC(C)C2)n[nH]1. The maximum absolute atomic E-state index is 12.5. The van der Waals surface area contributed by atoms with E-state index >= 15 is 0 Å². The summed E-state index contributed by atoms with van der Waals surface area (Å²) < 4.78 is 0. The van der Waals surface area contributed by atoms with E-state index in [1.165, 1.54) is 0 Å². The molecule has 104 valence electrons. The number of nitrogens with two attached hydrogens (primary N) is 1. The Balaban J connectivity index is 2.08. The number of nitrogens with zero attached hydrogens (tertiary/aromatic N) is 3. The molecular formula is C12H19N5OS. The number of rotatable bonds is 4. The predicted molar refractivity (Wildman–Crippen MR) is 75.2 cm³/mol. The van der Waals surface area contributed by atoms with Gasteiger partial charge in [0.1, 0.15) is 5.82 Å².